The van der Waals surface area contributed by atoms with Crippen LogP contribution in [0.4, 0.5) is 0 Å². The van der Waals surface area contributed by atoms with Crippen LogP contribution in [0.3, 0.4) is 0 Å². The minimum atomic E-state index is 0.343. The Balaban J connectivity index is 2.16. The van der Waals surface area contributed by atoms with E-state index in [9.17, 15) is 0 Å². The van der Waals surface area contributed by atoms with Crippen molar-refractivity contribution in [3.05, 3.63) is 63.3 Å². The van der Waals surface area contributed by atoms with E-state index in [2.05, 4.69) is 30.9 Å². The Morgan fingerprint density at radius 3 is 2.33 bits per heavy atom. The topological polar surface area (TPSA) is 38.7 Å². The number of hydrogen-bond donors (Lipinski definition) is 0. The van der Waals surface area contributed by atoms with Gasteiger partial charge in [-0.2, -0.15) is 0 Å². The molecular weight excluding hydrogens is 373 g/mol. The fraction of sp³-hybridized carbons (Fsp3) is 0. The van der Waals surface area contributed by atoms with Crippen molar-refractivity contribution in [3.8, 4) is 22.8 Å². The van der Waals surface area contributed by atoms with E-state index < -0.39 is 0 Å². The Kier molecular flexibility index (Phi) is 4.19. The van der Waals surface area contributed by atoms with Crippen molar-refractivity contribution in [3.63, 3.8) is 0 Å². The van der Waals surface area contributed by atoms with Gasteiger partial charge in [0.15, 0.2) is 5.82 Å². The first-order chi connectivity index (χ1) is 10.1. The molecule has 3 rings (SSSR count). The lowest BCUT2D eigenvalue weighted by Gasteiger charge is -2.08. The van der Waals surface area contributed by atoms with Gasteiger partial charge in [-0.1, -0.05) is 53.5 Å². The zero-order valence-corrected chi connectivity index (χ0v) is 13.7. The molecule has 0 spiro atoms. The summed E-state index contributed by atoms with van der Waals surface area (Å²) in [5.74, 6) is 0.457. The van der Waals surface area contributed by atoms with Gasteiger partial charge < -0.3 is 0 Å². The lowest BCUT2D eigenvalue weighted by molar-refractivity contribution is 1.13. The van der Waals surface area contributed by atoms with Crippen LogP contribution >= 0.6 is 39.1 Å². The Morgan fingerprint density at radius 2 is 1.67 bits per heavy atom. The number of hydrogen-bond acceptors (Lipinski definition) is 3. The summed E-state index contributed by atoms with van der Waals surface area (Å²) >= 11 is 15.5. The second kappa shape index (κ2) is 6.10. The molecule has 0 amide bonds. The molecule has 0 aliphatic carbocycles. The van der Waals surface area contributed by atoms with Crippen LogP contribution in [0.15, 0.2) is 53.1 Å². The predicted molar refractivity (Wildman–Crippen MR) is 88.4 cm³/mol. The third-order valence-corrected chi connectivity index (χ3v) is 4.29. The van der Waals surface area contributed by atoms with Crippen molar-refractivity contribution in [2.75, 3.05) is 0 Å². The van der Waals surface area contributed by atoms with E-state index in [4.69, 9.17) is 23.2 Å². The predicted octanol–water partition coefficient (Wildman–Crippen LogP) is 5.27. The maximum absolute atomic E-state index is 6.20. The Labute approximate surface area is 140 Å². The number of benzene rings is 1. The molecule has 3 aromatic rings. The molecule has 21 heavy (non-hydrogen) atoms. The van der Waals surface area contributed by atoms with Crippen LogP contribution in [-0.4, -0.2) is 15.0 Å². The minimum Gasteiger partial charge on any atom is -0.251 e. The third-order valence-electron chi connectivity index (χ3n) is 2.81. The van der Waals surface area contributed by atoms with Gasteiger partial charge in [-0.15, -0.1) is 0 Å². The molecule has 1 aromatic carbocycles. The highest BCUT2D eigenvalue weighted by atomic mass is 79.9. The summed E-state index contributed by atoms with van der Waals surface area (Å²) in [6.07, 6.45) is 1.55. The average Bonchev–Trinajstić information content (AvgIpc) is 2.51. The number of nitrogens with zero attached hydrogens (tertiary/aromatic N) is 3. The highest BCUT2D eigenvalue weighted by Gasteiger charge is 2.14. The van der Waals surface area contributed by atoms with Gasteiger partial charge in [0.05, 0.1) is 15.2 Å². The van der Waals surface area contributed by atoms with Crippen LogP contribution in [0.25, 0.3) is 22.8 Å². The van der Waals surface area contributed by atoms with Crippen molar-refractivity contribution in [1.82, 2.24) is 15.0 Å². The van der Waals surface area contributed by atoms with E-state index in [1.807, 2.05) is 30.3 Å². The molecule has 104 valence electrons. The van der Waals surface area contributed by atoms with Gasteiger partial charge in [0, 0.05) is 11.8 Å². The number of halogens is 3. The first kappa shape index (κ1) is 14.4. The van der Waals surface area contributed by atoms with Crippen molar-refractivity contribution >= 4 is 39.1 Å². The molecule has 2 heterocycles. The van der Waals surface area contributed by atoms with Crippen molar-refractivity contribution < 1.29 is 0 Å². The van der Waals surface area contributed by atoms with E-state index in [0.717, 1.165) is 11.3 Å². The molecule has 0 saturated heterocycles. The van der Waals surface area contributed by atoms with Gasteiger partial charge in [-0.25, -0.2) is 9.97 Å². The summed E-state index contributed by atoms with van der Waals surface area (Å²) in [5.41, 5.74) is 2.29. The Hall–Kier alpha value is -1.49. The molecule has 2 aromatic heterocycles. The second-order valence-electron chi connectivity index (χ2n) is 4.23. The first-order valence-corrected chi connectivity index (χ1v) is 7.60. The Morgan fingerprint density at radius 1 is 0.905 bits per heavy atom. The van der Waals surface area contributed by atoms with Gasteiger partial charge in [0.25, 0.3) is 0 Å². The van der Waals surface area contributed by atoms with Crippen LogP contribution < -0.4 is 0 Å². The van der Waals surface area contributed by atoms with E-state index in [1.165, 1.54) is 0 Å². The zero-order chi connectivity index (χ0) is 14.8. The highest BCUT2D eigenvalue weighted by Crippen LogP contribution is 2.33. The fourth-order valence-electron chi connectivity index (χ4n) is 1.83. The fourth-order valence-corrected chi connectivity index (χ4v) is 2.52. The summed E-state index contributed by atoms with van der Waals surface area (Å²) in [6, 6.07) is 13.3. The maximum Gasteiger partial charge on any atom is 0.180 e. The molecule has 0 N–H and O–H groups in total. The third kappa shape index (κ3) is 3.07. The molecule has 0 saturated carbocycles. The van der Waals surface area contributed by atoms with E-state index in [-0.39, 0.29) is 0 Å². The molecule has 0 aliphatic heterocycles. The SMILES string of the molecule is Clc1ccc(-c2nc(Cl)c(Br)c(-c3ccccc3)n2)nc1. The lowest BCUT2D eigenvalue weighted by atomic mass is 10.1. The van der Waals surface area contributed by atoms with Crippen molar-refractivity contribution in [2.24, 2.45) is 0 Å². The summed E-state index contributed by atoms with van der Waals surface area (Å²) < 4.78 is 0.660. The van der Waals surface area contributed by atoms with Crippen molar-refractivity contribution in [2.45, 2.75) is 0 Å². The molecular formula is C15H8BrCl2N3. The van der Waals surface area contributed by atoms with Crippen LogP contribution in [0.1, 0.15) is 0 Å². The first-order valence-electron chi connectivity index (χ1n) is 6.05. The largest absolute Gasteiger partial charge is 0.251 e. The minimum absolute atomic E-state index is 0.343. The normalized spacial score (nSPS) is 10.6. The summed E-state index contributed by atoms with van der Waals surface area (Å²) in [5, 5.41) is 0.904. The number of rotatable bonds is 2. The standard InChI is InChI=1S/C15H8BrCl2N3/c16-12-13(9-4-2-1-3-5-9)20-15(21-14(12)18)11-7-6-10(17)8-19-11/h1-8H. The summed E-state index contributed by atoms with van der Waals surface area (Å²) in [4.78, 5) is 13.0. The molecule has 0 fully saturated rings. The molecule has 0 unspecified atom stereocenters. The van der Waals surface area contributed by atoms with Crippen molar-refractivity contribution in [1.29, 1.82) is 0 Å². The maximum atomic E-state index is 6.20. The molecule has 0 bridgehead atoms. The van der Waals surface area contributed by atoms with Gasteiger partial charge in [0.1, 0.15) is 10.8 Å². The second-order valence-corrected chi connectivity index (χ2v) is 5.82. The summed E-state index contributed by atoms with van der Waals surface area (Å²) in [6.45, 7) is 0. The highest BCUT2D eigenvalue weighted by molar-refractivity contribution is 9.10. The van der Waals surface area contributed by atoms with Crippen LogP contribution in [0, 0.1) is 0 Å². The summed E-state index contributed by atoms with van der Waals surface area (Å²) in [7, 11) is 0. The quantitative estimate of drug-likeness (QED) is 0.568. The van der Waals surface area contributed by atoms with Gasteiger partial charge >= 0.3 is 0 Å². The smallest absolute Gasteiger partial charge is 0.180 e. The Bertz CT molecular complexity index is 777. The zero-order valence-electron chi connectivity index (χ0n) is 10.6. The van der Waals surface area contributed by atoms with Gasteiger partial charge in [0.2, 0.25) is 0 Å². The molecule has 3 nitrogen and oxygen atoms in total. The molecule has 0 aliphatic rings. The van der Waals surface area contributed by atoms with E-state index >= 15 is 0 Å². The van der Waals surface area contributed by atoms with E-state index in [0.29, 0.717) is 26.2 Å². The van der Waals surface area contributed by atoms with Gasteiger partial charge in [-0.3, -0.25) is 4.98 Å². The number of aromatic nitrogens is 3. The monoisotopic (exact) mass is 379 g/mol. The average molecular weight is 381 g/mol. The van der Waals surface area contributed by atoms with Crippen LogP contribution in [-0.2, 0) is 0 Å². The van der Waals surface area contributed by atoms with Crippen LogP contribution in [0.2, 0.25) is 10.2 Å². The molecule has 0 atom stereocenters. The molecule has 6 heteroatoms. The number of pyridine rings is 1. The van der Waals surface area contributed by atoms with E-state index in [1.54, 1.807) is 18.3 Å². The molecule has 0 radical (unpaired) electrons. The lowest BCUT2D eigenvalue weighted by Crippen LogP contribution is -1.96. The van der Waals surface area contributed by atoms with Crippen LogP contribution in [0.5, 0.6) is 0 Å². The van der Waals surface area contributed by atoms with Gasteiger partial charge in [-0.05, 0) is 28.1 Å².